The Kier molecular flexibility index (Phi) is 7.48. The molecule has 2 amide bonds. The molecule has 0 spiro atoms. The molecule has 0 aromatic heterocycles. The van der Waals surface area contributed by atoms with E-state index in [2.05, 4.69) is 24.1 Å². The van der Waals surface area contributed by atoms with Gasteiger partial charge in [-0.2, -0.15) is 0 Å². The number of carbonyl (C=O) groups is 2. The van der Waals surface area contributed by atoms with Crippen LogP contribution in [0.3, 0.4) is 0 Å². The number of ether oxygens (including phenoxy) is 1. The maximum Gasteiger partial charge on any atom is 0.410 e. The molecular formula is C17H34N4O3. The lowest BCUT2D eigenvalue weighted by Crippen LogP contribution is -2.65. The van der Waals surface area contributed by atoms with Crippen molar-refractivity contribution < 1.29 is 14.3 Å². The fourth-order valence-corrected chi connectivity index (χ4v) is 2.96. The monoisotopic (exact) mass is 342 g/mol. The molecule has 1 heterocycles. The molecule has 1 atom stereocenters. The van der Waals surface area contributed by atoms with Gasteiger partial charge < -0.3 is 25.6 Å². The summed E-state index contributed by atoms with van der Waals surface area (Å²) < 4.78 is 5.43. The third-order valence-corrected chi connectivity index (χ3v) is 4.40. The molecule has 7 heteroatoms. The first-order chi connectivity index (χ1) is 11.1. The van der Waals surface area contributed by atoms with Gasteiger partial charge in [-0.3, -0.25) is 4.79 Å². The zero-order valence-corrected chi connectivity index (χ0v) is 15.9. The van der Waals surface area contributed by atoms with E-state index in [1.54, 1.807) is 4.90 Å². The number of primary amides is 1. The van der Waals surface area contributed by atoms with Crippen LogP contribution in [-0.4, -0.2) is 72.2 Å². The van der Waals surface area contributed by atoms with E-state index in [-0.39, 0.29) is 6.54 Å². The predicted molar refractivity (Wildman–Crippen MR) is 94.8 cm³/mol. The number of hydrogen-bond acceptors (Lipinski definition) is 5. The predicted octanol–water partition coefficient (Wildman–Crippen LogP) is 1.17. The summed E-state index contributed by atoms with van der Waals surface area (Å²) in [5.41, 5.74) is 4.25. The van der Waals surface area contributed by atoms with Crippen molar-refractivity contribution in [2.24, 2.45) is 5.73 Å². The Morgan fingerprint density at radius 1 is 1.29 bits per heavy atom. The van der Waals surface area contributed by atoms with Crippen molar-refractivity contribution >= 4 is 12.0 Å². The van der Waals surface area contributed by atoms with Crippen LogP contribution in [0.15, 0.2) is 0 Å². The van der Waals surface area contributed by atoms with E-state index in [9.17, 15) is 9.59 Å². The number of rotatable bonds is 7. The largest absolute Gasteiger partial charge is 0.444 e. The van der Waals surface area contributed by atoms with E-state index in [1.165, 1.54) is 0 Å². The van der Waals surface area contributed by atoms with Crippen LogP contribution in [0, 0.1) is 0 Å². The number of amides is 2. The third-order valence-electron chi connectivity index (χ3n) is 4.40. The van der Waals surface area contributed by atoms with E-state index in [0.717, 1.165) is 26.1 Å². The van der Waals surface area contributed by atoms with Gasteiger partial charge in [-0.05, 0) is 46.7 Å². The third kappa shape index (κ3) is 5.94. The number of hydrogen-bond donors (Lipinski definition) is 2. The summed E-state index contributed by atoms with van der Waals surface area (Å²) in [6.45, 7) is 14.0. The van der Waals surface area contributed by atoms with E-state index in [0.29, 0.717) is 19.5 Å². The highest BCUT2D eigenvalue weighted by Crippen LogP contribution is 2.23. The Morgan fingerprint density at radius 2 is 1.92 bits per heavy atom. The number of likely N-dealkylation sites (tertiary alicyclic amines) is 1. The van der Waals surface area contributed by atoms with Crippen LogP contribution in [0.4, 0.5) is 4.79 Å². The molecule has 1 rings (SSSR count). The highest BCUT2D eigenvalue weighted by molar-refractivity contribution is 5.86. The van der Waals surface area contributed by atoms with E-state index >= 15 is 0 Å². The summed E-state index contributed by atoms with van der Waals surface area (Å²) >= 11 is 0. The smallest absolute Gasteiger partial charge is 0.410 e. The van der Waals surface area contributed by atoms with Gasteiger partial charge in [-0.25, -0.2) is 4.79 Å². The van der Waals surface area contributed by atoms with E-state index in [1.807, 2.05) is 20.8 Å². The Morgan fingerprint density at radius 3 is 2.42 bits per heavy atom. The van der Waals surface area contributed by atoms with Crippen LogP contribution < -0.4 is 11.1 Å². The summed E-state index contributed by atoms with van der Waals surface area (Å²) in [6.07, 6.45) is 0.971. The van der Waals surface area contributed by atoms with Crippen molar-refractivity contribution in [2.45, 2.75) is 58.6 Å². The molecule has 0 aliphatic carbocycles. The van der Waals surface area contributed by atoms with Gasteiger partial charge in [0.25, 0.3) is 0 Å². The summed E-state index contributed by atoms with van der Waals surface area (Å²) in [5, 5.41) is 3.32. The van der Waals surface area contributed by atoms with Crippen LogP contribution in [0.1, 0.15) is 47.5 Å². The highest BCUT2D eigenvalue weighted by Gasteiger charge is 2.42. The second-order valence-corrected chi connectivity index (χ2v) is 7.41. The molecule has 0 saturated carbocycles. The van der Waals surface area contributed by atoms with Crippen molar-refractivity contribution in [3.8, 4) is 0 Å². The molecule has 1 aliphatic heterocycles. The molecule has 1 saturated heterocycles. The molecule has 1 aliphatic rings. The van der Waals surface area contributed by atoms with Gasteiger partial charge in [-0.15, -0.1) is 0 Å². The first-order valence-electron chi connectivity index (χ1n) is 8.88. The maximum atomic E-state index is 12.3. The molecule has 0 aromatic carbocycles. The lowest BCUT2D eigenvalue weighted by Gasteiger charge is -2.41. The van der Waals surface area contributed by atoms with Crippen LogP contribution in [0.5, 0.6) is 0 Å². The fourth-order valence-electron chi connectivity index (χ4n) is 2.96. The van der Waals surface area contributed by atoms with E-state index < -0.39 is 23.1 Å². The molecule has 7 nitrogen and oxygen atoms in total. The summed E-state index contributed by atoms with van der Waals surface area (Å²) in [6, 6.07) is 0. The van der Waals surface area contributed by atoms with Gasteiger partial charge in [0.2, 0.25) is 5.91 Å². The van der Waals surface area contributed by atoms with Gasteiger partial charge in [0.1, 0.15) is 11.1 Å². The second kappa shape index (κ2) is 8.67. The molecule has 0 bridgehead atoms. The van der Waals surface area contributed by atoms with E-state index in [4.69, 9.17) is 10.5 Å². The minimum Gasteiger partial charge on any atom is -0.444 e. The molecule has 0 radical (unpaired) electrons. The highest BCUT2D eigenvalue weighted by atomic mass is 16.6. The first-order valence-corrected chi connectivity index (χ1v) is 8.88. The van der Waals surface area contributed by atoms with Crippen LogP contribution >= 0.6 is 0 Å². The number of nitrogens with two attached hydrogens (primary N) is 1. The van der Waals surface area contributed by atoms with Gasteiger partial charge >= 0.3 is 6.09 Å². The summed E-state index contributed by atoms with van der Waals surface area (Å²) in [5.74, 6) is -0.407. The van der Waals surface area contributed by atoms with Crippen molar-refractivity contribution in [3.63, 3.8) is 0 Å². The summed E-state index contributed by atoms with van der Waals surface area (Å²) in [7, 11) is 0. The van der Waals surface area contributed by atoms with Crippen molar-refractivity contribution in [1.29, 1.82) is 0 Å². The van der Waals surface area contributed by atoms with Gasteiger partial charge in [0.15, 0.2) is 0 Å². The lowest BCUT2D eigenvalue weighted by atomic mass is 9.88. The number of carbonyl (C=O) groups excluding carboxylic acids is 2. The standard InChI is InChI=1S/C17H34N4O3/c1-6-20(7-2)12-10-19-17(14(18)22)9-8-11-21(13-17)15(23)24-16(3,4)5/h19H,6-13H2,1-5H3,(H2,18,22). The summed E-state index contributed by atoms with van der Waals surface area (Å²) in [4.78, 5) is 28.3. The van der Waals surface area contributed by atoms with Crippen LogP contribution in [0.2, 0.25) is 0 Å². The number of nitrogens with zero attached hydrogens (tertiary/aromatic N) is 2. The normalized spacial score (nSPS) is 21.8. The molecule has 24 heavy (non-hydrogen) atoms. The van der Waals surface area contributed by atoms with Crippen molar-refractivity contribution in [2.75, 3.05) is 39.3 Å². The Labute approximate surface area is 145 Å². The molecule has 0 aromatic rings. The molecular weight excluding hydrogens is 308 g/mol. The minimum absolute atomic E-state index is 0.259. The lowest BCUT2D eigenvalue weighted by molar-refractivity contribution is -0.126. The number of nitrogens with one attached hydrogen (secondary N) is 1. The Bertz CT molecular complexity index is 432. The quantitative estimate of drug-likeness (QED) is 0.725. The minimum atomic E-state index is -0.873. The van der Waals surface area contributed by atoms with Gasteiger partial charge in [0.05, 0.1) is 6.54 Å². The zero-order chi connectivity index (χ0) is 18.4. The molecule has 140 valence electrons. The number of piperidine rings is 1. The van der Waals surface area contributed by atoms with Gasteiger partial charge in [-0.1, -0.05) is 13.8 Å². The van der Waals surface area contributed by atoms with Crippen LogP contribution in [0.25, 0.3) is 0 Å². The molecule has 3 N–H and O–H groups in total. The number of likely N-dealkylation sites (N-methyl/N-ethyl adjacent to an activating group) is 1. The average molecular weight is 342 g/mol. The zero-order valence-electron chi connectivity index (χ0n) is 15.9. The molecule has 1 fully saturated rings. The topological polar surface area (TPSA) is 87.9 Å². The molecule has 1 unspecified atom stereocenters. The second-order valence-electron chi connectivity index (χ2n) is 7.41. The average Bonchev–Trinajstić information content (AvgIpc) is 2.50. The maximum absolute atomic E-state index is 12.3. The first kappa shape index (κ1) is 20.7. The van der Waals surface area contributed by atoms with Crippen LogP contribution in [-0.2, 0) is 9.53 Å². The van der Waals surface area contributed by atoms with Crippen molar-refractivity contribution in [3.05, 3.63) is 0 Å². The Balaban J connectivity index is 2.72. The fraction of sp³-hybridized carbons (Fsp3) is 0.882. The van der Waals surface area contributed by atoms with Crippen molar-refractivity contribution in [1.82, 2.24) is 15.1 Å². The SMILES string of the molecule is CCN(CC)CCNC1(C(N)=O)CCCN(C(=O)OC(C)(C)C)C1. The Hall–Kier alpha value is -1.34. The van der Waals surface area contributed by atoms with Gasteiger partial charge in [0, 0.05) is 19.6 Å².